The summed E-state index contributed by atoms with van der Waals surface area (Å²) in [6.45, 7) is 10.3. The molecule has 1 N–H and O–H groups in total. The summed E-state index contributed by atoms with van der Waals surface area (Å²) >= 11 is 0. The minimum Gasteiger partial charge on any atom is -0.494 e. The predicted molar refractivity (Wildman–Crippen MR) is 88.9 cm³/mol. The van der Waals surface area contributed by atoms with Crippen LogP contribution in [0.2, 0.25) is 0 Å². The summed E-state index contributed by atoms with van der Waals surface area (Å²) in [4.78, 5) is 0. The van der Waals surface area contributed by atoms with E-state index >= 15 is 0 Å². The van der Waals surface area contributed by atoms with E-state index in [1.54, 1.807) is 0 Å². The largest absolute Gasteiger partial charge is 0.494 e. The molecule has 0 saturated heterocycles. The molecule has 0 aromatic heterocycles. The molecule has 3 atom stereocenters. The predicted octanol–water partition coefficient (Wildman–Crippen LogP) is 5.10. The third-order valence-corrected chi connectivity index (χ3v) is 6.44. The number of nitrogens with one attached hydrogen (secondary N) is 1. The molecule has 2 bridgehead atoms. The molecule has 21 heavy (non-hydrogen) atoms. The third-order valence-electron chi connectivity index (χ3n) is 6.44. The molecule has 0 aliphatic heterocycles. The average molecular weight is 287 g/mol. The van der Waals surface area contributed by atoms with Gasteiger partial charge in [-0.2, -0.15) is 0 Å². The summed E-state index contributed by atoms with van der Waals surface area (Å²) in [6, 6.07) is 9.05. The zero-order valence-electron chi connectivity index (χ0n) is 13.9. The fraction of sp³-hybridized carbons (Fsp3) is 0.684. The van der Waals surface area contributed by atoms with Gasteiger partial charge in [-0.25, -0.2) is 0 Å². The molecule has 0 amide bonds. The minimum absolute atomic E-state index is 0.415. The summed E-state index contributed by atoms with van der Waals surface area (Å²) in [6.07, 6.45) is 5.12. The Kier molecular flexibility index (Phi) is 3.67. The Hall–Kier alpha value is -1.18. The first-order valence-corrected chi connectivity index (χ1v) is 8.47. The molecule has 2 nitrogen and oxygen atoms in total. The van der Waals surface area contributed by atoms with Crippen molar-refractivity contribution in [3.8, 4) is 5.75 Å². The molecular formula is C19H29NO. The Morgan fingerprint density at radius 2 is 2.10 bits per heavy atom. The average Bonchev–Trinajstić information content (AvgIpc) is 2.79. The van der Waals surface area contributed by atoms with E-state index in [1.807, 2.05) is 6.07 Å². The Bertz CT molecular complexity index is 510. The number of fused-ring (bicyclic) bond motifs is 2. The highest BCUT2D eigenvalue weighted by Gasteiger charge is 2.61. The Labute approximate surface area is 129 Å². The Morgan fingerprint density at radius 3 is 2.71 bits per heavy atom. The molecular weight excluding hydrogens is 258 g/mol. The lowest BCUT2D eigenvalue weighted by Crippen LogP contribution is -2.40. The quantitative estimate of drug-likeness (QED) is 0.813. The van der Waals surface area contributed by atoms with E-state index < -0.39 is 0 Å². The number of ether oxygens (including phenoxy) is 1. The van der Waals surface area contributed by atoms with Crippen molar-refractivity contribution in [2.45, 2.75) is 59.4 Å². The van der Waals surface area contributed by atoms with Crippen LogP contribution in [0, 0.1) is 16.7 Å². The van der Waals surface area contributed by atoms with Crippen LogP contribution in [0.25, 0.3) is 0 Å². The van der Waals surface area contributed by atoms with Crippen molar-refractivity contribution in [2.24, 2.45) is 16.7 Å². The van der Waals surface area contributed by atoms with E-state index in [-0.39, 0.29) is 0 Å². The number of hydrogen-bond acceptors (Lipinski definition) is 2. The molecule has 2 aliphatic carbocycles. The van der Waals surface area contributed by atoms with E-state index in [2.05, 4.69) is 51.2 Å². The Balaban J connectivity index is 1.73. The minimum atomic E-state index is 0.415. The van der Waals surface area contributed by atoms with Gasteiger partial charge in [0.2, 0.25) is 0 Å². The van der Waals surface area contributed by atoms with Crippen molar-refractivity contribution < 1.29 is 4.74 Å². The fourth-order valence-corrected chi connectivity index (χ4v) is 4.52. The maximum absolute atomic E-state index is 5.75. The number of hydrogen-bond donors (Lipinski definition) is 1. The second-order valence-electron chi connectivity index (χ2n) is 7.68. The summed E-state index contributed by atoms with van der Waals surface area (Å²) in [5.74, 6) is 1.86. The van der Waals surface area contributed by atoms with Crippen LogP contribution in [0.3, 0.4) is 0 Å². The van der Waals surface area contributed by atoms with Crippen molar-refractivity contribution >= 4 is 5.69 Å². The van der Waals surface area contributed by atoms with Gasteiger partial charge in [0.15, 0.2) is 0 Å². The standard InChI is InChI=1S/C19H29NO/c1-5-11-21-16-8-6-7-15(13-16)20-17-12-14-9-10-19(17,4)18(14,2)3/h6-8,13-14,17,20H,5,9-12H2,1-4H3. The topological polar surface area (TPSA) is 21.3 Å². The molecule has 3 rings (SSSR count). The lowest BCUT2D eigenvalue weighted by atomic mass is 9.69. The SMILES string of the molecule is CCCOc1cccc(NC2CC3CCC2(C)C3(C)C)c1. The molecule has 2 saturated carbocycles. The first-order valence-electron chi connectivity index (χ1n) is 8.47. The van der Waals surface area contributed by atoms with E-state index in [0.717, 1.165) is 24.7 Å². The molecule has 2 aliphatic rings. The van der Waals surface area contributed by atoms with Crippen molar-refractivity contribution in [1.82, 2.24) is 0 Å². The van der Waals surface area contributed by atoms with Gasteiger partial charge in [0.1, 0.15) is 5.75 Å². The molecule has 1 aromatic carbocycles. The van der Waals surface area contributed by atoms with Gasteiger partial charge in [0.05, 0.1) is 6.61 Å². The van der Waals surface area contributed by atoms with Crippen LogP contribution in [0.4, 0.5) is 5.69 Å². The van der Waals surface area contributed by atoms with Crippen LogP contribution in [-0.4, -0.2) is 12.6 Å². The smallest absolute Gasteiger partial charge is 0.121 e. The highest BCUT2D eigenvalue weighted by molar-refractivity contribution is 5.50. The highest BCUT2D eigenvalue weighted by Crippen LogP contribution is 2.65. The summed E-state index contributed by atoms with van der Waals surface area (Å²) < 4.78 is 5.75. The van der Waals surface area contributed by atoms with Crippen LogP contribution in [0.1, 0.15) is 53.4 Å². The number of benzene rings is 1. The van der Waals surface area contributed by atoms with E-state index in [9.17, 15) is 0 Å². The van der Waals surface area contributed by atoms with Crippen molar-refractivity contribution in [2.75, 3.05) is 11.9 Å². The van der Waals surface area contributed by atoms with E-state index in [4.69, 9.17) is 4.74 Å². The normalized spacial score (nSPS) is 33.1. The zero-order chi connectivity index (χ0) is 15.1. The highest BCUT2D eigenvalue weighted by atomic mass is 16.5. The fourth-order valence-electron chi connectivity index (χ4n) is 4.52. The van der Waals surface area contributed by atoms with Gasteiger partial charge in [-0.15, -0.1) is 0 Å². The summed E-state index contributed by atoms with van der Waals surface area (Å²) in [5.41, 5.74) is 2.08. The van der Waals surface area contributed by atoms with Crippen molar-refractivity contribution in [1.29, 1.82) is 0 Å². The monoisotopic (exact) mass is 287 g/mol. The molecule has 116 valence electrons. The van der Waals surface area contributed by atoms with E-state index in [1.165, 1.54) is 24.9 Å². The van der Waals surface area contributed by atoms with Crippen molar-refractivity contribution in [3.63, 3.8) is 0 Å². The Morgan fingerprint density at radius 1 is 1.29 bits per heavy atom. The van der Waals surface area contributed by atoms with Crippen LogP contribution in [0.15, 0.2) is 24.3 Å². The van der Waals surface area contributed by atoms with Gasteiger partial charge in [-0.05, 0) is 54.6 Å². The lowest BCUT2D eigenvalue weighted by Gasteiger charge is -2.40. The van der Waals surface area contributed by atoms with Gasteiger partial charge in [0, 0.05) is 17.8 Å². The molecule has 0 spiro atoms. The van der Waals surface area contributed by atoms with Gasteiger partial charge in [-0.1, -0.05) is 33.8 Å². The van der Waals surface area contributed by atoms with Crippen LogP contribution in [0.5, 0.6) is 5.75 Å². The first-order chi connectivity index (χ1) is 9.97. The first kappa shape index (κ1) is 14.7. The third kappa shape index (κ3) is 2.33. The molecule has 2 heteroatoms. The molecule has 3 unspecified atom stereocenters. The number of rotatable bonds is 5. The zero-order valence-corrected chi connectivity index (χ0v) is 13.9. The van der Waals surface area contributed by atoms with Crippen LogP contribution in [-0.2, 0) is 0 Å². The second-order valence-corrected chi connectivity index (χ2v) is 7.68. The molecule has 2 fully saturated rings. The lowest BCUT2D eigenvalue weighted by molar-refractivity contribution is 0.142. The maximum atomic E-state index is 5.75. The van der Waals surface area contributed by atoms with Gasteiger partial charge >= 0.3 is 0 Å². The van der Waals surface area contributed by atoms with Crippen LogP contribution >= 0.6 is 0 Å². The van der Waals surface area contributed by atoms with Crippen LogP contribution < -0.4 is 10.1 Å². The molecule has 1 aromatic rings. The van der Waals surface area contributed by atoms with Gasteiger partial charge < -0.3 is 10.1 Å². The number of anilines is 1. The second kappa shape index (κ2) is 5.23. The van der Waals surface area contributed by atoms with Gasteiger partial charge in [0.25, 0.3) is 0 Å². The maximum Gasteiger partial charge on any atom is 0.121 e. The van der Waals surface area contributed by atoms with Gasteiger partial charge in [-0.3, -0.25) is 0 Å². The summed E-state index contributed by atoms with van der Waals surface area (Å²) in [7, 11) is 0. The van der Waals surface area contributed by atoms with E-state index in [0.29, 0.717) is 16.9 Å². The summed E-state index contributed by atoms with van der Waals surface area (Å²) in [5, 5.41) is 3.81. The van der Waals surface area contributed by atoms with Crippen molar-refractivity contribution in [3.05, 3.63) is 24.3 Å². The molecule has 0 heterocycles. The molecule has 0 radical (unpaired) electrons.